The summed E-state index contributed by atoms with van der Waals surface area (Å²) in [5.74, 6) is 0.135. The van der Waals surface area contributed by atoms with Gasteiger partial charge in [-0.1, -0.05) is 24.8 Å². The molecule has 1 saturated heterocycles. The van der Waals surface area contributed by atoms with E-state index in [1.54, 1.807) is 15.9 Å². The Balaban J connectivity index is 1.61. The zero-order valence-corrected chi connectivity index (χ0v) is 19.8. The van der Waals surface area contributed by atoms with Gasteiger partial charge in [0.2, 0.25) is 5.91 Å². The number of amides is 3. The Hall–Kier alpha value is -2.17. The predicted molar refractivity (Wildman–Crippen MR) is 127 cm³/mol. The van der Waals surface area contributed by atoms with Crippen molar-refractivity contribution in [2.45, 2.75) is 56.8 Å². The molecule has 0 aromatic carbocycles. The molecule has 3 heterocycles. The van der Waals surface area contributed by atoms with Crippen LogP contribution in [0.3, 0.4) is 0 Å². The van der Waals surface area contributed by atoms with Crippen LogP contribution in [0.25, 0.3) is 10.2 Å². The van der Waals surface area contributed by atoms with E-state index >= 15 is 0 Å². The SMILES string of the molecule is C=CCNC(=O)NC(=O)CSc1nc2sc3c(c2c(=O)n1CC1CCCO1)CCC(C)C3. The number of thiophene rings is 1. The third-order valence-corrected chi connectivity index (χ3v) is 7.91. The van der Waals surface area contributed by atoms with Crippen LogP contribution in [-0.4, -0.2) is 46.5 Å². The van der Waals surface area contributed by atoms with E-state index in [1.807, 2.05) is 0 Å². The third kappa shape index (κ3) is 5.07. The summed E-state index contributed by atoms with van der Waals surface area (Å²) in [7, 11) is 0. The molecule has 2 N–H and O–H groups in total. The van der Waals surface area contributed by atoms with Crippen molar-refractivity contribution < 1.29 is 14.3 Å². The number of thioether (sulfide) groups is 1. The first-order valence-corrected chi connectivity index (χ1v) is 12.7. The molecule has 1 aliphatic carbocycles. The number of nitrogens with one attached hydrogen (secondary N) is 2. The predicted octanol–water partition coefficient (Wildman–Crippen LogP) is 2.87. The van der Waals surface area contributed by atoms with E-state index in [1.165, 1.54) is 22.7 Å². The van der Waals surface area contributed by atoms with Crippen molar-refractivity contribution in [3.63, 3.8) is 0 Å². The maximum Gasteiger partial charge on any atom is 0.321 e. The van der Waals surface area contributed by atoms with Gasteiger partial charge in [-0.25, -0.2) is 9.78 Å². The smallest absolute Gasteiger partial charge is 0.321 e. The van der Waals surface area contributed by atoms with E-state index in [0.717, 1.165) is 47.9 Å². The van der Waals surface area contributed by atoms with Crippen LogP contribution in [-0.2, 0) is 28.9 Å². The van der Waals surface area contributed by atoms with Gasteiger partial charge in [-0.2, -0.15) is 0 Å². The number of carbonyl (C=O) groups is 2. The Morgan fingerprint density at radius 2 is 2.25 bits per heavy atom. The fraction of sp³-hybridized carbons (Fsp3) is 0.545. The Bertz CT molecular complexity index is 1090. The molecule has 0 radical (unpaired) electrons. The topological polar surface area (TPSA) is 102 Å². The van der Waals surface area contributed by atoms with E-state index < -0.39 is 11.9 Å². The molecule has 172 valence electrons. The summed E-state index contributed by atoms with van der Waals surface area (Å²) in [5.41, 5.74) is 1.10. The van der Waals surface area contributed by atoms with E-state index in [0.29, 0.717) is 24.2 Å². The summed E-state index contributed by atoms with van der Waals surface area (Å²) in [6.07, 6.45) is 6.34. The maximum absolute atomic E-state index is 13.6. The van der Waals surface area contributed by atoms with Crippen molar-refractivity contribution in [3.05, 3.63) is 33.4 Å². The fourth-order valence-electron chi connectivity index (χ4n) is 4.17. The minimum Gasteiger partial charge on any atom is -0.376 e. The normalized spacial score (nSPS) is 20.2. The van der Waals surface area contributed by atoms with Crippen molar-refractivity contribution in [2.24, 2.45) is 5.92 Å². The fourth-order valence-corrected chi connectivity index (χ4v) is 6.40. The number of rotatable bonds is 7. The van der Waals surface area contributed by atoms with Crippen LogP contribution in [0.4, 0.5) is 4.79 Å². The number of hydrogen-bond acceptors (Lipinski definition) is 7. The van der Waals surface area contributed by atoms with E-state index in [-0.39, 0.29) is 24.0 Å². The second-order valence-electron chi connectivity index (χ2n) is 8.31. The van der Waals surface area contributed by atoms with E-state index in [4.69, 9.17) is 9.72 Å². The van der Waals surface area contributed by atoms with E-state index in [9.17, 15) is 14.4 Å². The van der Waals surface area contributed by atoms with Crippen molar-refractivity contribution in [1.82, 2.24) is 20.2 Å². The van der Waals surface area contributed by atoms with Crippen LogP contribution in [0, 0.1) is 5.92 Å². The summed E-state index contributed by atoms with van der Waals surface area (Å²) in [5, 5.41) is 6.00. The van der Waals surface area contributed by atoms with Gasteiger partial charge >= 0.3 is 6.03 Å². The molecule has 0 saturated carbocycles. The van der Waals surface area contributed by atoms with Gasteiger partial charge < -0.3 is 10.1 Å². The van der Waals surface area contributed by atoms with Crippen molar-refractivity contribution >= 4 is 45.3 Å². The standard InChI is InChI=1S/C22H28N4O4S2/c1-3-8-23-21(29)24-17(27)12-31-22-25-19-18(15-7-6-13(2)10-16(15)32-19)20(28)26(22)11-14-5-4-9-30-14/h3,13-14H,1,4-12H2,2H3,(H2,23,24,27,29). The van der Waals surface area contributed by atoms with Crippen LogP contribution in [0.5, 0.6) is 0 Å². The molecule has 10 heteroatoms. The molecule has 2 atom stereocenters. The first-order valence-electron chi connectivity index (χ1n) is 10.9. The Kier molecular flexibility index (Phi) is 7.32. The van der Waals surface area contributed by atoms with Crippen molar-refractivity contribution in [2.75, 3.05) is 18.9 Å². The second kappa shape index (κ2) is 10.2. The van der Waals surface area contributed by atoms with Crippen LogP contribution in [0.2, 0.25) is 0 Å². The highest BCUT2D eigenvalue weighted by Gasteiger charge is 2.26. The average Bonchev–Trinajstić information content (AvgIpc) is 3.40. The highest BCUT2D eigenvalue weighted by atomic mass is 32.2. The van der Waals surface area contributed by atoms with Crippen molar-refractivity contribution in [1.29, 1.82) is 0 Å². The molecule has 0 spiro atoms. The molecule has 0 bridgehead atoms. The Morgan fingerprint density at radius 1 is 1.41 bits per heavy atom. The number of carbonyl (C=O) groups excluding carboxylic acids is 2. The lowest BCUT2D eigenvalue weighted by Crippen LogP contribution is -2.40. The number of aryl methyl sites for hydroxylation is 1. The largest absolute Gasteiger partial charge is 0.376 e. The lowest BCUT2D eigenvalue weighted by Gasteiger charge is -2.18. The minimum absolute atomic E-state index is 0.0207. The zero-order valence-electron chi connectivity index (χ0n) is 18.1. The molecule has 2 aromatic rings. The lowest BCUT2D eigenvalue weighted by molar-refractivity contribution is -0.117. The molecular weight excluding hydrogens is 448 g/mol. The summed E-state index contributed by atoms with van der Waals surface area (Å²) in [6, 6.07) is -0.573. The third-order valence-electron chi connectivity index (χ3n) is 5.78. The average molecular weight is 477 g/mol. The number of imide groups is 1. The quantitative estimate of drug-likeness (QED) is 0.362. The Morgan fingerprint density at radius 3 is 3.00 bits per heavy atom. The maximum atomic E-state index is 13.6. The molecule has 1 aliphatic heterocycles. The van der Waals surface area contributed by atoms with Crippen molar-refractivity contribution in [3.8, 4) is 0 Å². The van der Waals surface area contributed by atoms with Gasteiger partial charge in [-0.05, 0) is 43.6 Å². The summed E-state index contributed by atoms with van der Waals surface area (Å²) < 4.78 is 7.43. The van der Waals surface area contributed by atoms with Crippen LogP contribution in [0.1, 0.15) is 36.6 Å². The molecule has 3 amide bonds. The van der Waals surface area contributed by atoms with Gasteiger partial charge in [-0.15, -0.1) is 17.9 Å². The first-order chi connectivity index (χ1) is 15.5. The van der Waals surface area contributed by atoms with E-state index in [2.05, 4.69) is 24.1 Å². The summed E-state index contributed by atoms with van der Waals surface area (Å²) in [6.45, 7) is 7.15. The van der Waals surface area contributed by atoms with Crippen LogP contribution < -0.4 is 16.2 Å². The molecule has 2 aliphatic rings. The van der Waals surface area contributed by atoms with Gasteiger partial charge in [0.15, 0.2) is 5.16 Å². The summed E-state index contributed by atoms with van der Waals surface area (Å²) in [4.78, 5) is 44.3. The molecule has 2 unspecified atom stereocenters. The summed E-state index contributed by atoms with van der Waals surface area (Å²) >= 11 is 2.76. The minimum atomic E-state index is -0.573. The monoisotopic (exact) mass is 476 g/mol. The van der Waals surface area contributed by atoms with Gasteiger partial charge in [0.1, 0.15) is 4.83 Å². The van der Waals surface area contributed by atoms with Crippen LogP contribution >= 0.6 is 23.1 Å². The molecule has 1 fully saturated rings. The molecular formula is C22H28N4O4S2. The highest BCUT2D eigenvalue weighted by molar-refractivity contribution is 7.99. The number of fused-ring (bicyclic) bond motifs is 3. The molecule has 32 heavy (non-hydrogen) atoms. The number of nitrogens with zero attached hydrogens (tertiary/aromatic N) is 2. The second-order valence-corrected chi connectivity index (χ2v) is 10.3. The zero-order chi connectivity index (χ0) is 22.7. The molecule has 2 aromatic heterocycles. The van der Waals surface area contributed by atoms with Crippen LogP contribution in [0.15, 0.2) is 22.6 Å². The van der Waals surface area contributed by atoms with Gasteiger partial charge in [-0.3, -0.25) is 19.5 Å². The molecule has 8 nitrogen and oxygen atoms in total. The number of hydrogen-bond donors (Lipinski definition) is 2. The van der Waals surface area contributed by atoms with Gasteiger partial charge in [0.05, 0.1) is 23.8 Å². The Labute approximate surface area is 194 Å². The van der Waals surface area contributed by atoms with Gasteiger partial charge in [0.25, 0.3) is 5.56 Å². The number of aromatic nitrogens is 2. The first kappa shape index (κ1) is 23.0. The van der Waals surface area contributed by atoms with Gasteiger partial charge in [0, 0.05) is 18.0 Å². The number of ether oxygens (including phenoxy) is 1. The lowest BCUT2D eigenvalue weighted by atomic mass is 9.89. The molecule has 4 rings (SSSR count). The number of urea groups is 1. The highest BCUT2D eigenvalue weighted by Crippen LogP contribution is 2.36.